The molecule has 2 aliphatic heterocycles. The third kappa shape index (κ3) is 1.29. The van der Waals surface area contributed by atoms with Crippen molar-refractivity contribution in [2.45, 2.75) is 13.2 Å². The van der Waals surface area contributed by atoms with Gasteiger partial charge in [-0.05, 0) is 19.1 Å². The Labute approximate surface area is 76.2 Å². The first kappa shape index (κ1) is 8.19. The number of aliphatic imine (C=N–C) groups is 1. The van der Waals surface area contributed by atoms with E-state index in [4.69, 9.17) is 4.74 Å². The molecule has 1 unspecified atom stereocenters. The highest BCUT2D eigenvalue weighted by Gasteiger charge is 2.33. The van der Waals surface area contributed by atoms with Crippen molar-refractivity contribution in [2.24, 2.45) is 4.99 Å². The van der Waals surface area contributed by atoms with Gasteiger partial charge >= 0.3 is 0 Å². The van der Waals surface area contributed by atoms with E-state index >= 15 is 0 Å². The van der Waals surface area contributed by atoms with Gasteiger partial charge in [0.05, 0.1) is 0 Å². The molecule has 0 aliphatic carbocycles. The molecule has 2 aliphatic rings. The number of allylic oxidation sites excluding steroid dienone is 2. The van der Waals surface area contributed by atoms with Crippen molar-refractivity contribution in [3.8, 4) is 0 Å². The second-order valence-electron chi connectivity index (χ2n) is 2.72. The largest absolute Gasteiger partial charge is 0.349 e. The van der Waals surface area contributed by atoms with Gasteiger partial charge < -0.3 is 4.74 Å². The predicted octanol–water partition coefficient (Wildman–Crippen LogP) is 0.673. The summed E-state index contributed by atoms with van der Waals surface area (Å²) in [5.41, 5.74) is 0. The number of nitrogens with zero attached hydrogens (tertiary/aromatic N) is 2. The minimum absolute atomic E-state index is 0.229. The molecule has 0 saturated heterocycles. The number of amides is 1. The van der Waals surface area contributed by atoms with Crippen molar-refractivity contribution in [1.29, 1.82) is 0 Å². The summed E-state index contributed by atoms with van der Waals surface area (Å²) in [6, 6.07) is 0. The molecule has 13 heavy (non-hydrogen) atoms. The fraction of sp³-hybridized carbons (Fsp3) is 0.333. The number of ether oxygens (including phenoxy) is 1. The van der Waals surface area contributed by atoms with Gasteiger partial charge in [-0.2, -0.15) is 4.99 Å². The number of hydrogen-bond donors (Lipinski definition) is 0. The minimum Gasteiger partial charge on any atom is -0.349 e. The summed E-state index contributed by atoms with van der Waals surface area (Å²) in [4.78, 5) is 16.9. The Kier molecular flexibility index (Phi) is 1.98. The molecule has 0 N–H and O–H groups in total. The van der Waals surface area contributed by atoms with Crippen LogP contribution in [0.15, 0.2) is 29.4 Å². The van der Waals surface area contributed by atoms with Gasteiger partial charge in [-0.3, -0.25) is 9.69 Å². The Morgan fingerprint density at radius 1 is 1.62 bits per heavy atom. The van der Waals surface area contributed by atoms with E-state index in [0.717, 1.165) is 0 Å². The Morgan fingerprint density at radius 3 is 3.23 bits per heavy atom. The normalized spacial score (nSPS) is 25.0. The average Bonchev–Trinajstić information content (AvgIpc) is 2.44. The summed E-state index contributed by atoms with van der Waals surface area (Å²) in [5.74, 6) is 0.430. The molecule has 1 atom stereocenters. The van der Waals surface area contributed by atoms with E-state index in [1.165, 1.54) is 0 Å². The predicted molar refractivity (Wildman–Crippen MR) is 48.0 cm³/mol. The first-order chi connectivity index (χ1) is 6.33. The number of rotatable bonds is 2. The van der Waals surface area contributed by atoms with Crippen LogP contribution in [-0.2, 0) is 9.53 Å². The van der Waals surface area contributed by atoms with E-state index in [1.807, 2.05) is 19.1 Å². The summed E-state index contributed by atoms with van der Waals surface area (Å²) >= 11 is 0. The summed E-state index contributed by atoms with van der Waals surface area (Å²) in [7, 11) is 0. The first-order valence-electron chi connectivity index (χ1n) is 4.20. The van der Waals surface area contributed by atoms with Crippen LogP contribution in [-0.4, -0.2) is 29.5 Å². The summed E-state index contributed by atoms with van der Waals surface area (Å²) < 4.78 is 5.26. The van der Waals surface area contributed by atoms with Crippen molar-refractivity contribution in [3.05, 3.63) is 24.4 Å². The molecule has 0 bridgehead atoms. The number of carbonyl (C=O) groups excluding carboxylic acids is 1. The zero-order valence-electron chi connectivity index (χ0n) is 7.30. The second kappa shape index (κ2) is 3.14. The van der Waals surface area contributed by atoms with Crippen LogP contribution in [0.5, 0.6) is 0 Å². The number of carbonyl (C=O) groups is 1. The third-order valence-corrected chi connectivity index (χ3v) is 1.88. The van der Waals surface area contributed by atoms with Crippen LogP contribution in [0.3, 0.4) is 0 Å². The molecule has 1 amide bonds. The highest BCUT2D eigenvalue weighted by molar-refractivity contribution is 6.09. The maximum atomic E-state index is 11.3. The maximum Gasteiger partial charge on any atom is 0.298 e. The molecular weight excluding hydrogens is 168 g/mol. The lowest BCUT2D eigenvalue weighted by molar-refractivity contribution is -0.132. The van der Waals surface area contributed by atoms with Crippen LogP contribution in [0, 0.1) is 0 Å². The molecule has 0 aromatic heterocycles. The lowest BCUT2D eigenvalue weighted by Crippen LogP contribution is -2.36. The minimum atomic E-state index is -0.554. The van der Waals surface area contributed by atoms with E-state index in [-0.39, 0.29) is 5.91 Å². The van der Waals surface area contributed by atoms with Crippen molar-refractivity contribution in [2.75, 3.05) is 6.61 Å². The Bertz CT molecular complexity index is 318. The van der Waals surface area contributed by atoms with E-state index in [0.29, 0.717) is 12.4 Å². The van der Waals surface area contributed by atoms with Crippen LogP contribution in [0.25, 0.3) is 0 Å². The summed E-state index contributed by atoms with van der Waals surface area (Å²) in [6.45, 7) is 2.36. The van der Waals surface area contributed by atoms with Gasteiger partial charge in [0.15, 0.2) is 0 Å². The highest BCUT2D eigenvalue weighted by Crippen LogP contribution is 2.17. The van der Waals surface area contributed by atoms with Gasteiger partial charge in [0.1, 0.15) is 5.84 Å². The maximum absolute atomic E-state index is 11.3. The fourth-order valence-corrected chi connectivity index (χ4v) is 1.34. The summed E-state index contributed by atoms with van der Waals surface area (Å²) in [5, 5.41) is 0. The average molecular weight is 178 g/mol. The quantitative estimate of drug-likeness (QED) is 0.624. The Hall–Kier alpha value is -1.42. The lowest BCUT2D eigenvalue weighted by Gasteiger charge is -2.22. The van der Waals surface area contributed by atoms with Crippen molar-refractivity contribution in [3.63, 3.8) is 0 Å². The topological polar surface area (TPSA) is 41.9 Å². The SMILES string of the molecule is CCOC1C(=O)N=C2C=CC=CN21. The van der Waals surface area contributed by atoms with Crippen molar-refractivity contribution < 1.29 is 9.53 Å². The zero-order chi connectivity index (χ0) is 9.26. The zero-order valence-corrected chi connectivity index (χ0v) is 7.30. The van der Waals surface area contributed by atoms with Gasteiger partial charge in [-0.1, -0.05) is 6.08 Å². The first-order valence-corrected chi connectivity index (χ1v) is 4.20. The van der Waals surface area contributed by atoms with Crippen LogP contribution in [0.1, 0.15) is 6.92 Å². The molecule has 4 heteroatoms. The number of amidine groups is 1. The highest BCUT2D eigenvalue weighted by atomic mass is 16.5. The van der Waals surface area contributed by atoms with Gasteiger partial charge in [0.2, 0.25) is 6.23 Å². The van der Waals surface area contributed by atoms with Crippen molar-refractivity contribution >= 4 is 11.7 Å². The molecule has 0 spiro atoms. The molecule has 0 fully saturated rings. The lowest BCUT2D eigenvalue weighted by atomic mass is 10.3. The van der Waals surface area contributed by atoms with Gasteiger partial charge in [0, 0.05) is 12.8 Å². The van der Waals surface area contributed by atoms with Crippen LogP contribution in [0.4, 0.5) is 0 Å². The molecule has 4 nitrogen and oxygen atoms in total. The molecule has 68 valence electrons. The molecule has 2 rings (SSSR count). The van der Waals surface area contributed by atoms with E-state index in [2.05, 4.69) is 4.99 Å². The monoisotopic (exact) mass is 178 g/mol. The van der Waals surface area contributed by atoms with Gasteiger partial charge in [-0.25, -0.2) is 0 Å². The van der Waals surface area contributed by atoms with Gasteiger partial charge in [0.25, 0.3) is 5.91 Å². The fourth-order valence-electron chi connectivity index (χ4n) is 1.34. The Morgan fingerprint density at radius 2 is 2.46 bits per heavy atom. The van der Waals surface area contributed by atoms with Crippen LogP contribution < -0.4 is 0 Å². The van der Waals surface area contributed by atoms with E-state index in [1.54, 1.807) is 17.2 Å². The molecule has 0 aromatic rings. The number of fused-ring (bicyclic) bond motifs is 1. The van der Waals surface area contributed by atoms with Crippen LogP contribution in [0.2, 0.25) is 0 Å². The van der Waals surface area contributed by atoms with E-state index in [9.17, 15) is 4.79 Å². The van der Waals surface area contributed by atoms with Crippen LogP contribution >= 0.6 is 0 Å². The molecular formula is C9H10N2O2. The van der Waals surface area contributed by atoms with E-state index < -0.39 is 6.23 Å². The second-order valence-corrected chi connectivity index (χ2v) is 2.72. The smallest absolute Gasteiger partial charge is 0.298 e. The molecule has 2 heterocycles. The number of hydrogen-bond acceptors (Lipinski definition) is 3. The molecule has 0 saturated carbocycles. The molecule has 0 radical (unpaired) electrons. The Balaban J connectivity index is 2.22. The standard InChI is InChI=1S/C9H10N2O2/c1-2-13-9-8(12)10-7-5-3-4-6-11(7)9/h3-6,9H,2H2,1H3. The summed E-state index contributed by atoms with van der Waals surface area (Å²) in [6.07, 6.45) is 6.72. The van der Waals surface area contributed by atoms with Crippen molar-refractivity contribution in [1.82, 2.24) is 4.90 Å². The third-order valence-electron chi connectivity index (χ3n) is 1.88. The molecule has 0 aromatic carbocycles. The van der Waals surface area contributed by atoms with Gasteiger partial charge in [-0.15, -0.1) is 0 Å².